The molecule has 8 aliphatic carbocycles. The summed E-state index contributed by atoms with van der Waals surface area (Å²) in [4.78, 5) is 54.2. The summed E-state index contributed by atoms with van der Waals surface area (Å²) in [5.41, 5.74) is 0.439. The molecule has 6 N–H and O–H groups in total. The fourth-order valence-corrected chi connectivity index (χ4v) is 21.1. The molecular formula is C59H98N2O12S2. The molecule has 16 heteroatoms. The number of rotatable bonds is 22. The molecule has 0 aromatic rings. The number of nitrogens with one attached hydrogen (secondary N) is 2. The topological polar surface area (TPSA) is 242 Å². The highest BCUT2D eigenvalue weighted by Crippen LogP contribution is 2.72. The Morgan fingerprint density at radius 2 is 0.867 bits per heavy atom. The molecule has 0 heterocycles. The zero-order valence-corrected chi connectivity index (χ0v) is 48.2. The average Bonchev–Trinajstić information content (AvgIpc) is 3.87. The Bertz CT molecular complexity index is 2140. The van der Waals surface area contributed by atoms with Gasteiger partial charge in [-0.1, -0.05) is 41.5 Å². The number of hydrogen-bond donors (Lipinski definition) is 6. The highest BCUT2D eigenvalue weighted by Gasteiger charge is 2.65. The van der Waals surface area contributed by atoms with Crippen molar-refractivity contribution >= 4 is 43.6 Å². The van der Waals surface area contributed by atoms with Gasteiger partial charge in [-0.15, -0.1) is 0 Å². The molecule has 2 amide bonds. The van der Waals surface area contributed by atoms with E-state index in [2.05, 4.69) is 52.2 Å². The molecule has 75 heavy (non-hydrogen) atoms. The van der Waals surface area contributed by atoms with Crippen molar-refractivity contribution in [1.82, 2.24) is 10.6 Å². The number of aliphatic hydroxyl groups is 2. The summed E-state index contributed by atoms with van der Waals surface area (Å²) >= 11 is 0. The summed E-state index contributed by atoms with van der Waals surface area (Å²) in [6.07, 6.45) is 20.0. The lowest BCUT2D eigenvalue weighted by Gasteiger charge is -2.63. The number of hydrogen-bond acceptors (Lipinski definition) is 10. The van der Waals surface area contributed by atoms with Crippen molar-refractivity contribution in [3.8, 4) is 0 Å². The highest BCUT2D eigenvalue weighted by molar-refractivity contribution is 7.86. The third-order valence-corrected chi connectivity index (χ3v) is 25.5. The van der Waals surface area contributed by atoms with E-state index in [4.69, 9.17) is 9.11 Å². The molecule has 0 aliphatic heterocycles. The van der Waals surface area contributed by atoms with Gasteiger partial charge >= 0.3 is 0 Å². The molecular weight excluding hydrogens is 993 g/mol. The number of carbonyl (C=O) groups excluding carboxylic acids is 4. The minimum Gasteiger partial charge on any atom is -0.393 e. The van der Waals surface area contributed by atoms with Crippen LogP contribution >= 0.6 is 0 Å². The monoisotopic (exact) mass is 1090 g/mol. The molecule has 0 radical (unpaired) electrons. The Kier molecular flexibility index (Phi) is 18.3. The molecule has 8 saturated carbocycles. The Balaban J connectivity index is 0.899. The molecule has 0 spiro atoms. The maximum Gasteiger partial charge on any atom is 0.266 e. The van der Waals surface area contributed by atoms with Gasteiger partial charge in [-0.2, -0.15) is 16.8 Å². The number of Topliss-reactive ketones (excluding diaryl/α,β-unsaturated/α-hetero) is 2. The molecule has 0 bridgehead atoms. The summed E-state index contributed by atoms with van der Waals surface area (Å²) in [6.45, 7) is 14.2. The summed E-state index contributed by atoms with van der Waals surface area (Å²) in [7, 11) is -8.29. The summed E-state index contributed by atoms with van der Waals surface area (Å²) in [6, 6.07) is 0. The van der Waals surface area contributed by atoms with Crippen molar-refractivity contribution in [2.45, 2.75) is 214 Å². The van der Waals surface area contributed by atoms with Gasteiger partial charge in [0.2, 0.25) is 11.8 Å². The minimum absolute atomic E-state index is 0.0849. The van der Waals surface area contributed by atoms with Crippen molar-refractivity contribution in [1.29, 1.82) is 0 Å². The van der Waals surface area contributed by atoms with Crippen LogP contribution in [0.15, 0.2) is 0 Å². The molecule has 8 rings (SSSR count). The molecule has 0 aromatic heterocycles. The van der Waals surface area contributed by atoms with Crippen molar-refractivity contribution in [3.05, 3.63) is 0 Å². The van der Waals surface area contributed by atoms with E-state index < -0.39 is 31.7 Å². The van der Waals surface area contributed by atoms with E-state index in [9.17, 15) is 46.2 Å². The van der Waals surface area contributed by atoms with Crippen molar-refractivity contribution in [3.63, 3.8) is 0 Å². The van der Waals surface area contributed by atoms with Crippen LogP contribution in [0.1, 0.15) is 202 Å². The maximum atomic E-state index is 14.4. The van der Waals surface area contributed by atoms with Crippen LogP contribution in [-0.4, -0.2) is 96.3 Å². The van der Waals surface area contributed by atoms with Gasteiger partial charge in [0.1, 0.15) is 11.6 Å². The fraction of sp³-hybridized carbons (Fsp3) is 0.932. The minimum atomic E-state index is -4.15. The van der Waals surface area contributed by atoms with Crippen LogP contribution in [0.4, 0.5) is 0 Å². The lowest BCUT2D eigenvalue weighted by molar-refractivity contribution is -0.158. The van der Waals surface area contributed by atoms with Gasteiger partial charge in [0.15, 0.2) is 0 Å². The lowest BCUT2D eigenvalue weighted by atomic mass is 9.42. The molecule has 14 nitrogen and oxygen atoms in total. The Morgan fingerprint density at radius 3 is 1.24 bits per heavy atom. The molecule has 2 unspecified atom stereocenters. The zero-order valence-electron chi connectivity index (χ0n) is 46.6. The van der Waals surface area contributed by atoms with E-state index in [1.54, 1.807) is 0 Å². The van der Waals surface area contributed by atoms with E-state index in [0.29, 0.717) is 129 Å². The molecule has 0 saturated heterocycles. The molecule has 8 aliphatic rings. The van der Waals surface area contributed by atoms with E-state index in [1.807, 2.05) is 0 Å². The number of amides is 2. The Labute approximate surface area is 450 Å². The predicted octanol–water partition coefficient (Wildman–Crippen LogP) is 9.41. The lowest BCUT2D eigenvalue weighted by Crippen LogP contribution is -2.57. The predicted molar refractivity (Wildman–Crippen MR) is 289 cm³/mol. The van der Waals surface area contributed by atoms with Gasteiger partial charge in [-0.25, -0.2) is 0 Å². The third kappa shape index (κ3) is 12.8. The number of ketones is 2. The van der Waals surface area contributed by atoms with Gasteiger partial charge in [0, 0.05) is 51.6 Å². The molecule has 428 valence electrons. The van der Waals surface area contributed by atoms with Crippen LogP contribution in [0.2, 0.25) is 0 Å². The average molecular weight is 1090 g/mol. The zero-order chi connectivity index (χ0) is 54.5. The maximum absolute atomic E-state index is 14.4. The largest absolute Gasteiger partial charge is 0.393 e. The van der Waals surface area contributed by atoms with E-state index in [0.717, 1.165) is 103 Å². The van der Waals surface area contributed by atoms with Gasteiger partial charge in [0.25, 0.3) is 20.2 Å². The SMILES string of the molecule is C[C@H](CCC(=O)NCCS(=O)(=O)O)[C@H]1CC[C@@H]2[C@H]3[C@H](CC(=O)CCCC(=O)C[C@@H]4CC5C[C@@H](O)CC[C@@]5(C)[C@@H]5CC[C@]6(C)[C@H](CC[C@H]6[C@H](C)CCC(=O)NCCS(=O)(=O)O)[C@@H]45)CC4C[C@@H](O)CC[C@@]4(C)[C@@H]3CC[C@]21C. The second-order valence-electron chi connectivity index (χ2n) is 27.9. The molecule has 20 atom stereocenters. The third-order valence-electron chi connectivity index (χ3n) is 24.1. The number of carbonyl (C=O) groups is 4. The van der Waals surface area contributed by atoms with E-state index >= 15 is 0 Å². The van der Waals surface area contributed by atoms with Crippen molar-refractivity contribution in [2.75, 3.05) is 24.6 Å². The first-order chi connectivity index (χ1) is 35.1. The van der Waals surface area contributed by atoms with Gasteiger partial charge < -0.3 is 20.8 Å². The van der Waals surface area contributed by atoms with Crippen LogP contribution in [-0.2, 0) is 39.4 Å². The quantitative estimate of drug-likeness (QED) is 0.0556. The summed E-state index contributed by atoms with van der Waals surface area (Å²) < 4.78 is 62.9. The van der Waals surface area contributed by atoms with Gasteiger partial charge in [0.05, 0.1) is 23.7 Å². The Hall–Kier alpha value is -1.98. The first-order valence-corrected chi connectivity index (χ1v) is 33.2. The van der Waals surface area contributed by atoms with Crippen LogP contribution in [0.3, 0.4) is 0 Å². The number of fused-ring (bicyclic) bond motifs is 10. The fourth-order valence-electron chi connectivity index (χ4n) is 20.4. The van der Waals surface area contributed by atoms with E-state index in [-0.39, 0.29) is 82.2 Å². The highest BCUT2D eigenvalue weighted by atomic mass is 32.2. The van der Waals surface area contributed by atoms with Gasteiger partial charge in [-0.3, -0.25) is 28.3 Å². The molecule has 0 aromatic carbocycles. The van der Waals surface area contributed by atoms with Crippen LogP contribution < -0.4 is 10.6 Å². The standard InChI is InChI=1S/C59H98N2O12S2/c1-36(10-16-52(66)60-26-28-74(68,69)70)46-12-14-48-54-38(30-40-34-44(64)18-22-56(40,3)50(54)20-24-58(46,48)5)32-42(62)8-7-9-43(63)33-39-31-41-35-45(65)19-23-57(41,4)51-21-25-59(6)47(13-15-49(59)55(39)51)37(2)11-17-53(67)61-27-29-75(71,72)73/h36-41,44-51,54-55,64-65H,7-35H2,1-6H3,(H,60,66)(H,61,67)(H,68,69,70)(H,71,72,73)/t36-,37-,38+,39+,40?,41?,44+,45+,46-,47+,48-,49-,50-,51-,54-,55-,56-,57-,58+,59+/m1/s1. The van der Waals surface area contributed by atoms with Crippen molar-refractivity contribution < 1.29 is 55.3 Å². The first-order valence-electron chi connectivity index (χ1n) is 30.0. The summed E-state index contributed by atoms with van der Waals surface area (Å²) in [5, 5.41) is 27.3. The molecule has 8 fully saturated rings. The summed E-state index contributed by atoms with van der Waals surface area (Å²) in [5.74, 6) is 4.61. The Morgan fingerprint density at radius 1 is 0.507 bits per heavy atom. The second kappa shape index (κ2) is 23.2. The number of aliphatic hydroxyl groups excluding tert-OH is 2. The van der Waals surface area contributed by atoms with Gasteiger partial charge in [-0.05, 0) is 227 Å². The smallest absolute Gasteiger partial charge is 0.266 e. The van der Waals surface area contributed by atoms with Crippen LogP contribution in [0.25, 0.3) is 0 Å². The van der Waals surface area contributed by atoms with E-state index in [1.165, 1.54) is 0 Å². The van der Waals surface area contributed by atoms with Crippen LogP contribution in [0.5, 0.6) is 0 Å². The normalized spacial score (nSPS) is 42.1. The van der Waals surface area contributed by atoms with Crippen molar-refractivity contribution in [2.24, 2.45) is 105 Å². The first kappa shape index (κ1) is 59.1. The van der Waals surface area contributed by atoms with Crippen LogP contribution in [0, 0.1) is 105 Å². The second-order valence-corrected chi connectivity index (χ2v) is 31.1.